The third-order valence-corrected chi connectivity index (χ3v) is 5.84. The molecule has 1 aromatic heterocycles. The molecule has 0 saturated carbocycles. The molecule has 2 rings (SSSR count). The minimum Gasteiger partial charge on any atom is -0.496 e. The Balaban J connectivity index is 1.76. The highest BCUT2D eigenvalue weighted by Gasteiger charge is 2.14. The zero-order valence-electron chi connectivity index (χ0n) is 23.6. The third kappa shape index (κ3) is 12.4. The van der Waals surface area contributed by atoms with E-state index < -0.39 is 0 Å². The van der Waals surface area contributed by atoms with Gasteiger partial charge in [-0.25, -0.2) is 4.98 Å². The fraction of sp³-hybridized carbons (Fsp3) is 0.643. The van der Waals surface area contributed by atoms with E-state index in [9.17, 15) is 0 Å². The number of methoxy groups -OCH3 is 2. The van der Waals surface area contributed by atoms with Gasteiger partial charge in [-0.3, -0.25) is 0 Å². The lowest BCUT2D eigenvalue weighted by atomic mass is 10.0. The fourth-order valence-electron chi connectivity index (χ4n) is 3.76. The predicted molar refractivity (Wildman–Crippen MR) is 149 cm³/mol. The smallest absolute Gasteiger partial charge is 0.222 e. The van der Waals surface area contributed by atoms with Crippen LogP contribution in [0.4, 0.5) is 11.8 Å². The second kappa shape index (κ2) is 19.6. The number of unbranched alkanes of at least 4 members (excludes halogenated alkanes) is 2. The van der Waals surface area contributed by atoms with Gasteiger partial charge in [-0.15, -0.1) is 0 Å². The molecule has 0 saturated heterocycles. The SMILES string of the molecule is CCCCCNc1nc(N)nc(C)c1Cc1ccc(COCCOCCOCCOCCOC)cc1OC. The topological polar surface area (TPSA) is 119 Å². The van der Waals surface area contributed by atoms with Gasteiger partial charge in [0, 0.05) is 31.3 Å². The van der Waals surface area contributed by atoms with Crippen LogP contribution in [-0.4, -0.2) is 83.6 Å². The molecular weight excluding hydrogens is 488 g/mol. The minimum absolute atomic E-state index is 0.281. The molecule has 0 spiro atoms. The Kier molecular flexibility index (Phi) is 16.3. The van der Waals surface area contributed by atoms with Crippen LogP contribution in [0.15, 0.2) is 18.2 Å². The van der Waals surface area contributed by atoms with Crippen LogP contribution in [0.3, 0.4) is 0 Å². The molecule has 0 fully saturated rings. The Morgan fingerprint density at radius 3 is 2.13 bits per heavy atom. The van der Waals surface area contributed by atoms with Crippen LogP contribution in [0, 0.1) is 6.92 Å². The van der Waals surface area contributed by atoms with Crippen LogP contribution in [0.5, 0.6) is 5.75 Å². The number of hydrogen-bond acceptors (Lipinski definition) is 10. The van der Waals surface area contributed by atoms with Gasteiger partial charge in [0.05, 0.1) is 66.6 Å². The summed E-state index contributed by atoms with van der Waals surface area (Å²) in [6.07, 6.45) is 4.06. The molecule has 1 aromatic carbocycles. The highest BCUT2D eigenvalue weighted by molar-refractivity contribution is 5.53. The molecule has 3 N–H and O–H groups in total. The third-order valence-electron chi connectivity index (χ3n) is 5.84. The molecule has 0 aliphatic rings. The number of nitrogens with two attached hydrogens (primary N) is 1. The number of aromatic nitrogens is 2. The molecule has 2 aromatic rings. The summed E-state index contributed by atoms with van der Waals surface area (Å²) < 4.78 is 32.7. The maximum Gasteiger partial charge on any atom is 0.222 e. The molecule has 214 valence electrons. The first kappa shape index (κ1) is 31.7. The van der Waals surface area contributed by atoms with E-state index in [0.717, 1.165) is 46.9 Å². The van der Waals surface area contributed by atoms with E-state index in [0.29, 0.717) is 65.9 Å². The van der Waals surface area contributed by atoms with Crippen LogP contribution in [0.2, 0.25) is 0 Å². The van der Waals surface area contributed by atoms with Crippen molar-refractivity contribution in [1.82, 2.24) is 9.97 Å². The van der Waals surface area contributed by atoms with E-state index in [2.05, 4.69) is 34.3 Å². The number of anilines is 2. The Labute approximate surface area is 227 Å². The first-order valence-electron chi connectivity index (χ1n) is 13.4. The Bertz CT molecular complexity index is 915. The molecule has 0 aliphatic carbocycles. The standard InChI is InChI=1S/C28H46N4O6/c1-5-6-7-10-30-27-25(22(2)31-28(29)32-27)20-24-9-8-23(19-26(24)34-4)21-38-18-17-37-16-15-36-14-13-35-12-11-33-3/h8-9,19H,5-7,10-18,20-21H2,1-4H3,(H3,29,30,31,32). The van der Waals surface area contributed by atoms with E-state index in [1.165, 1.54) is 12.8 Å². The molecule has 1 heterocycles. The average Bonchev–Trinajstić information content (AvgIpc) is 2.91. The van der Waals surface area contributed by atoms with Crippen molar-refractivity contribution in [3.8, 4) is 5.75 Å². The first-order chi connectivity index (χ1) is 18.6. The minimum atomic E-state index is 0.281. The van der Waals surface area contributed by atoms with E-state index in [-0.39, 0.29) is 5.95 Å². The lowest BCUT2D eigenvalue weighted by molar-refractivity contribution is -0.00949. The number of nitrogens with one attached hydrogen (secondary N) is 1. The highest BCUT2D eigenvalue weighted by Crippen LogP contribution is 2.28. The summed E-state index contributed by atoms with van der Waals surface area (Å²) in [6.45, 7) is 9.81. The van der Waals surface area contributed by atoms with Crippen LogP contribution < -0.4 is 15.8 Å². The Morgan fingerprint density at radius 1 is 0.842 bits per heavy atom. The van der Waals surface area contributed by atoms with Crippen LogP contribution >= 0.6 is 0 Å². The molecule has 0 atom stereocenters. The van der Waals surface area contributed by atoms with Crippen molar-refractivity contribution in [2.45, 2.75) is 46.1 Å². The monoisotopic (exact) mass is 534 g/mol. The molecular formula is C28H46N4O6. The number of benzene rings is 1. The van der Waals surface area contributed by atoms with Gasteiger partial charge >= 0.3 is 0 Å². The number of nitrogens with zero attached hydrogens (tertiary/aromatic N) is 2. The average molecular weight is 535 g/mol. The normalized spacial score (nSPS) is 11.2. The van der Waals surface area contributed by atoms with Crippen molar-refractivity contribution in [3.63, 3.8) is 0 Å². The van der Waals surface area contributed by atoms with Crippen molar-refractivity contribution >= 4 is 11.8 Å². The zero-order chi connectivity index (χ0) is 27.4. The van der Waals surface area contributed by atoms with Gasteiger partial charge in [-0.05, 0) is 30.5 Å². The maximum atomic E-state index is 5.93. The summed E-state index contributed by atoms with van der Waals surface area (Å²) in [6, 6.07) is 6.14. The van der Waals surface area contributed by atoms with E-state index in [1.807, 2.05) is 13.0 Å². The summed E-state index contributed by atoms with van der Waals surface area (Å²) in [5.41, 5.74) is 9.90. The first-order valence-corrected chi connectivity index (χ1v) is 13.4. The Morgan fingerprint density at radius 2 is 1.50 bits per heavy atom. The maximum absolute atomic E-state index is 5.93. The van der Waals surface area contributed by atoms with E-state index in [4.69, 9.17) is 34.2 Å². The molecule has 38 heavy (non-hydrogen) atoms. The largest absolute Gasteiger partial charge is 0.496 e. The fourth-order valence-corrected chi connectivity index (χ4v) is 3.76. The second-order valence-corrected chi connectivity index (χ2v) is 8.83. The molecule has 10 nitrogen and oxygen atoms in total. The van der Waals surface area contributed by atoms with Crippen molar-refractivity contribution in [2.75, 3.05) is 84.7 Å². The van der Waals surface area contributed by atoms with Gasteiger partial charge in [-0.2, -0.15) is 4.98 Å². The molecule has 0 radical (unpaired) electrons. The van der Waals surface area contributed by atoms with Crippen LogP contribution in [-0.2, 0) is 36.7 Å². The number of ether oxygens (including phenoxy) is 6. The van der Waals surface area contributed by atoms with E-state index in [1.54, 1.807) is 14.2 Å². The lowest BCUT2D eigenvalue weighted by Gasteiger charge is -2.16. The quantitative estimate of drug-likeness (QED) is 0.216. The van der Waals surface area contributed by atoms with Crippen LogP contribution in [0.1, 0.15) is 48.6 Å². The van der Waals surface area contributed by atoms with Crippen molar-refractivity contribution in [2.24, 2.45) is 0 Å². The van der Waals surface area contributed by atoms with Crippen molar-refractivity contribution < 1.29 is 28.4 Å². The van der Waals surface area contributed by atoms with E-state index >= 15 is 0 Å². The van der Waals surface area contributed by atoms with Gasteiger partial charge in [-0.1, -0.05) is 31.9 Å². The zero-order valence-corrected chi connectivity index (χ0v) is 23.6. The Hall–Kier alpha value is -2.50. The van der Waals surface area contributed by atoms with Gasteiger partial charge in [0.2, 0.25) is 5.95 Å². The molecule has 0 unspecified atom stereocenters. The molecule has 0 amide bonds. The van der Waals surface area contributed by atoms with Crippen molar-refractivity contribution in [3.05, 3.63) is 40.6 Å². The van der Waals surface area contributed by atoms with Gasteiger partial charge in [0.15, 0.2) is 0 Å². The number of nitrogen functional groups attached to an aromatic ring is 1. The predicted octanol–water partition coefficient (Wildman–Crippen LogP) is 3.78. The molecule has 0 aliphatic heterocycles. The molecule has 10 heteroatoms. The lowest BCUT2D eigenvalue weighted by Crippen LogP contribution is -2.13. The highest BCUT2D eigenvalue weighted by atomic mass is 16.6. The summed E-state index contributed by atoms with van der Waals surface area (Å²) in [5, 5.41) is 3.45. The summed E-state index contributed by atoms with van der Waals surface area (Å²) in [5.74, 6) is 1.88. The van der Waals surface area contributed by atoms with Gasteiger partial charge in [0.25, 0.3) is 0 Å². The van der Waals surface area contributed by atoms with Gasteiger partial charge in [0.1, 0.15) is 11.6 Å². The molecule has 0 bridgehead atoms. The van der Waals surface area contributed by atoms with Crippen molar-refractivity contribution in [1.29, 1.82) is 0 Å². The number of rotatable bonds is 22. The summed E-state index contributed by atoms with van der Waals surface area (Å²) in [7, 11) is 3.33. The number of aryl methyl sites for hydroxylation is 1. The van der Waals surface area contributed by atoms with Crippen LogP contribution in [0.25, 0.3) is 0 Å². The second-order valence-electron chi connectivity index (χ2n) is 8.83. The number of hydrogen-bond donors (Lipinski definition) is 2. The summed E-state index contributed by atoms with van der Waals surface area (Å²) >= 11 is 0. The summed E-state index contributed by atoms with van der Waals surface area (Å²) in [4.78, 5) is 8.85. The van der Waals surface area contributed by atoms with Gasteiger partial charge < -0.3 is 39.5 Å².